The maximum atomic E-state index is 12.5. The second kappa shape index (κ2) is 9.42. The maximum absolute atomic E-state index is 12.5. The van der Waals surface area contributed by atoms with Gasteiger partial charge in [-0.1, -0.05) is 44.2 Å². The van der Waals surface area contributed by atoms with E-state index in [0.717, 1.165) is 32.5 Å². The lowest BCUT2D eigenvalue weighted by atomic mass is 10.2. The number of hydrogen-bond donors (Lipinski definition) is 0. The summed E-state index contributed by atoms with van der Waals surface area (Å²) in [6, 6.07) is 10.3. The summed E-state index contributed by atoms with van der Waals surface area (Å²) in [7, 11) is 0. The molecule has 0 saturated carbocycles. The minimum atomic E-state index is -0.338. The summed E-state index contributed by atoms with van der Waals surface area (Å²) in [5, 5.41) is 0. The van der Waals surface area contributed by atoms with Crippen LogP contribution < -0.4 is 0 Å². The molecule has 0 atom stereocenters. The van der Waals surface area contributed by atoms with Crippen molar-refractivity contribution in [2.45, 2.75) is 33.2 Å². The number of amides is 2. The van der Waals surface area contributed by atoms with E-state index < -0.39 is 0 Å². The van der Waals surface area contributed by atoms with E-state index in [2.05, 4.69) is 17.0 Å². The molecule has 0 spiro atoms. The van der Waals surface area contributed by atoms with Crippen LogP contribution in [0.2, 0.25) is 0 Å². The van der Waals surface area contributed by atoms with Crippen molar-refractivity contribution in [3.8, 4) is 0 Å². The molecule has 0 bridgehead atoms. The van der Waals surface area contributed by atoms with Gasteiger partial charge in [-0.3, -0.25) is 14.5 Å². The quantitative estimate of drug-likeness (QED) is 0.749. The molecule has 0 aromatic heterocycles. The van der Waals surface area contributed by atoms with E-state index in [1.54, 1.807) is 9.80 Å². The van der Waals surface area contributed by atoms with E-state index in [1.807, 2.05) is 32.0 Å². The third-order valence-corrected chi connectivity index (χ3v) is 4.37. The second-order valence-corrected chi connectivity index (χ2v) is 6.35. The van der Waals surface area contributed by atoms with Crippen molar-refractivity contribution in [2.24, 2.45) is 0 Å². The molecule has 24 heavy (non-hydrogen) atoms. The van der Waals surface area contributed by atoms with Crippen molar-refractivity contribution in [2.75, 3.05) is 39.3 Å². The molecule has 2 rings (SSSR count). The fraction of sp³-hybridized carbons (Fsp3) is 0.579. The van der Waals surface area contributed by atoms with E-state index >= 15 is 0 Å². The fourth-order valence-corrected chi connectivity index (χ4v) is 3.08. The molecule has 1 aromatic carbocycles. The summed E-state index contributed by atoms with van der Waals surface area (Å²) < 4.78 is 0. The van der Waals surface area contributed by atoms with Gasteiger partial charge >= 0.3 is 11.8 Å². The van der Waals surface area contributed by atoms with Gasteiger partial charge in [-0.25, -0.2) is 0 Å². The Balaban J connectivity index is 1.84. The van der Waals surface area contributed by atoms with Gasteiger partial charge in [0.1, 0.15) is 0 Å². The average Bonchev–Trinajstić information content (AvgIpc) is 2.62. The number of rotatable bonds is 6. The SMILES string of the molecule is CCCN(CCC)C(=O)C(=O)N1CCN(Cc2ccccc2)CC1. The van der Waals surface area contributed by atoms with Gasteiger partial charge in [0.05, 0.1) is 0 Å². The van der Waals surface area contributed by atoms with Gasteiger partial charge in [-0.05, 0) is 18.4 Å². The molecule has 0 aliphatic carbocycles. The Labute approximate surface area is 145 Å². The van der Waals surface area contributed by atoms with Crippen molar-refractivity contribution >= 4 is 11.8 Å². The molecular formula is C19H29N3O2. The van der Waals surface area contributed by atoms with Crippen molar-refractivity contribution in [3.63, 3.8) is 0 Å². The molecule has 132 valence electrons. The van der Waals surface area contributed by atoms with Crippen LogP contribution in [-0.2, 0) is 16.1 Å². The Hall–Kier alpha value is -1.88. The molecule has 5 nitrogen and oxygen atoms in total. The number of piperazine rings is 1. The van der Waals surface area contributed by atoms with Crippen LogP contribution >= 0.6 is 0 Å². The zero-order chi connectivity index (χ0) is 17.4. The van der Waals surface area contributed by atoms with Gasteiger partial charge in [0.15, 0.2) is 0 Å². The highest BCUT2D eigenvalue weighted by atomic mass is 16.2. The van der Waals surface area contributed by atoms with Crippen molar-refractivity contribution in [1.29, 1.82) is 0 Å². The fourth-order valence-electron chi connectivity index (χ4n) is 3.08. The van der Waals surface area contributed by atoms with E-state index in [9.17, 15) is 9.59 Å². The molecule has 5 heteroatoms. The van der Waals surface area contributed by atoms with Gasteiger partial charge in [-0.15, -0.1) is 0 Å². The first-order valence-corrected chi connectivity index (χ1v) is 9.00. The first-order valence-electron chi connectivity index (χ1n) is 9.00. The van der Waals surface area contributed by atoms with Crippen LogP contribution in [0.3, 0.4) is 0 Å². The standard InChI is InChI=1S/C19H29N3O2/c1-3-10-21(11-4-2)18(23)19(24)22-14-12-20(13-15-22)16-17-8-6-5-7-9-17/h5-9H,3-4,10-16H2,1-2H3. The molecule has 1 heterocycles. The Bertz CT molecular complexity index is 519. The Kier molecular flexibility index (Phi) is 7.25. The summed E-state index contributed by atoms with van der Waals surface area (Å²) in [5.41, 5.74) is 1.28. The molecule has 0 unspecified atom stereocenters. The first kappa shape index (κ1) is 18.5. The predicted molar refractivity (Wildman–Crippen MR) is 95.5 cm³/mol. The number of hydrogen-bond acceptors (Lipinski definition) is 3. The van der Waals surface area contributed by atoms with Crippen LogP contribution in [0, 0.1) is 0 Å². The zero-order valence-electron chi connectivity index (χ0n) is 14.9. The van der Waals surface area contributed by atoms with Gasteiger partial charge < -0.3 is 9.80 Å². The van der Waals surface area contributed by atoms with Crippen LogP contribution in [-0.4, -0.2) is 65.8 Å². The second-order valence-electron chi connectivity index (χ2n) is 6.35. The highest BCUT2D eigenvalue weighted by Crippen LogP contribution is 2.09. The Morgan fingerprint density at radius 2 is 1.54 bits per heavy atom. The number of carbonyl (C=O) groups is 2. The first-order chi connectivity index (χ1) is 11.7. The topological polar surface area (TPSA) is 43.9 Å². The lowest BCUT2D eigenvalue weighted by Crippen LogP contribution is -2.53. The monoisotopic (exact) mass is 331 g/mol. The van der Waals surface area contributed by atoms with Crippen LogP contribution in [0.1, 0.15) is 32.3 Å². The third kappa shape index (κ3) is 5.06. The minimum absolute atomic E-state index is 0.337. The highest BCUT2D eigenvalue weighted by molar-refractivity contribution is 6.34. The van der Waals surface area contributed by atoms with E-state index in [1.165, 1.54) is 5.56 Å². The molecule has 1 aliphatic heterocycles. The lowest BCUT2D eigenvalue weighted by molar-refractivity contribution is -0.152. The van der Waals surface area contributed by atoms with E-state index in [-0.39, 0.29) is 11.8 Å². The number of nitrogens with zero attached hydrogens (tertiary/aromatic N) is 3. The molecule has 1 aliphatic rings. The molecule has 1 saturated heterocycles. The van der Waals surface area contributed by atoms with Gasteiger partial charge in [0.2, 0.25) is 0 Å². The van der Waals surface area contributed by atoms with Crippen molar-refractivity contribution in [1.82, 2.24) is 14.7 Å². The molecule has 2 amide bonds. The van der Waals surface area contributed by atoms with Crippen LogP contribution in [0.25, 0.3) is 0 Å². The van der Waals surface area contributed by atoms with Crippen LogP contribution in [0.15, 0.2) is 30.3 Å². The largest absolute Gasteiger partial charge is 0.334 e. The van der Waals surface area contributed by atoms with E-state index in [0.29, 0.717) is 26.2 Å². The normalized spacial score (nSPS) is 15.3. The smallest absolute Gasteiger partial charge is 0.312 e. The van der Waals surface area contributed by atoms with Crippen molar-refractivity contribution in [3.05, 3.63) is 35.9 Å². The highest BCUT2D eigenvalue weighted by Gasteiger charge is 2.28. The van der Waals surface area contributed by atoms with Crippen LogP contribution in [0.5, 0.6) is 0 Å². The average molecular weight is 331 g/mol. The van der Waals surface area contributed by atoms with Gasteiger partial charge in [0, 0.05) is 45.8 Å². The summed E-state index contributed by atoms with van der Waals surface area (Å²) in [5.74, 6) is -0.675. The predicted octanol–water partition coefficient (Wildman–Crippen LogP) is 1.98. The Morgan fingerprint density at radius 1 is 0.958 bits per heavy atom. The molecule has 1 aromatic rings. The summed E-state index contributed by atoms with van der Waals surface area (Å²) >= 11 is 0. The molecule has 0 radical (unpaired) electrons. The molecule has 0 N–H and O–H groups in total. The summed E-state index contributed by atoms with van der Waals surface area (Å²) in [6.45, 7) is 9.16. The van der Waals surface area contributed by atoms with Gasteiger partial charge in [-0.2, -0.15) is 0 Å². The van der Waals surface area contributed by atoms with Crippen LogP contribution in [0.4, 0.5) is 0 Å². The molecular weight excluding hydrogens is 302 g/mol. The Morgan fingerprint density at radius 3 is 2.08 bits per heavy atom. The molecule has 1 fully saturated rings. The van der Waals surface area contributed by atoms with Crippen molar-refractivity contribution < 1.29 is 9.59 Å². The maximum Gasteiger partial charge on any atom is 0.312 e. The van der Waals surface area contributed by atoms with Gasteiger partial charge in [0.25, 0.3) is 0 Å². The lowest BCUT2D eigenvalue weighted by Gasteiger charge is -2.35. The zero-order valence-corrected chi connectivity index (χ0v) is 14.9. The van der Waals surface area contributed by atoms with E-state index in [4.69, 9.17) is 0 Å². The summed E-state index contributed by atoms with van der Waals surface area (Å²) in [4.78, 5) is 30.6. The number of benzene rings is 1. The number of carbonyl (C=O) groups excluding carboxylic acids is 2. The third-order valence-electron chi connectivity index (χ3n) is 4.37. The summed E-state index contributed by atoms with van der Waals surface area (Å²) in [6.07, 6.45) is 1.76. The minimum Gasteiger partial charge on any atom is -0.334 e.